The largest absolute Gasteiger partial charge is 0.378 e. The highest BCUT2D eigenvalue weighted by Gasteiger charge is 2.34. The number of likely N-dealkylation sites (tertiary alicyclic amines) is 1. The molecule has 3 aromatic carbocycles. The van der Waals surface area contributed by atoms with Gasteiger partial charge >= 0.3 is 0 Å². The zero-order valence-electron chi connectivity index (χ0n) is 20.8. The summed E-state index contributed by atoms with van der Waals surface area (Å²) in [4.78, 5) is 33.0. The van der Waals surface area contributed by atoms with Gasteiger partial charge in [0.25, 0.3) is 0 Å². The molecule has 0 saturated carbocycles. The number of anilines is 1. The Kier molecular flexibility index (Phi) is 6.76. The van der Waals surface area contributed by atoms with Gasteiger partial charge in [0.05, 0.1) is 5.92 Å². The molecule has 1 fully saturated rings. The molecule has 6 heteroatoms. The van der Waals surface area contributed by atoms with Crippen LogP contribution in [0.3, 0.4) is 0 Å². The van der Waals surface area contributed by atoms with Crippen LogP contribution in [0.1, 0.15) is 29.0 Å². The van der Waals surface area contributed by atoms with E-state index in [0.29, 0.717) is 19.6 Å². The molecule has 1 aliphatic heterocycles. The second-order valence-electron chi connectivity index (χ2n) is 9.73. The molecule has 2 N–H and O–H groups in total. The van der Waals surface area contributed by atoms with Gasteiger partial charge in [0.1, 0.15) is 0 Å². The third kappa shape index (κ3) is 4.98. The molecule has 1 saturated heterocycles. The number of carbonyl (C=O) groups is 2. The minimum Gasteiger partial charge on any atom is -0.378 e. The van der Waals surface area contributed by atoms with E-state index in [4.69, 9.17) is 0 Å². The summed E-state index contributed by atoms with van der Waals surface area (Å²) in [5.74, 6) is -0.375. The molecule has 1 aromatic heterocycles. The van der Waals surface area contributed by atoms with E-state index in [2.05, 4.69) is 51.6 Å². The smallest absolute Gasteiger partial charge is 0.225 e. The number of rotatable bonds is 8. The predicted octanol–water partition coefficient (Wildman–Crippen LogP) is 4.53. The van der Waals surface area contributed by atoms with Crippen molar-refractivity contribution in [2.75, 3.05) is 32.1 Å². The van der Waals surface area contributed by atoms with Crippen LogP contribution in [0.5, 0.6) is 0 Å². The zero-order valence-corrected chi connectivity index (χ0v) is 20.8. The maximum absolute atomic E-state index is 13.2. The SMILES string of the molecule is CN(C)c1ccc([C@H](CNC(=O)[C@@H]2CC(=O)N(Cc3ccccc3)C2)c2c[nH]c3ccccc23)cc1. The molecule has 2 heterocycles. The van der Waals surface area contributed by atoms with E-state index in [9.17, 15) is 9.59 Å². The molecule has 36 heavy (non-hydrogen) atoms. The number of nitrogens with one attached hydrogen (secondary N) is 2. The minimum absolute atomic E-state index is 0.0150. The van der Waals surface area contributed by atoms with Crippen LogP contribution in [0.4, 0.5) is 5.69 Å². The summed E-state index contributed by atoms with van der Waals surface area (Å²) in [5.41, 5.74) is 5.57. The van der Waals surface area contributed by atoms with E-state index in [0.717, 1.165) is 33.3 Å². The fourth-order valence-electron chi connectivity index (χ4n) is 5.05. The van der Waals surface area contributed by atoms with E-state index in [-0.39, 0.29) is 30.1 Å². The van der Waals surface area contributed by atoms with Crippen molar-refractivity contribution in [2.45, 2.75) is 18.9 Å². The maximum atomic E-state index is 13.2. The van der Waals surface area contributed by atoms with Gasteiger partial charge in [0.15, 0.2) is 0 Å². The summed E-state index contributed by atoms with van der Waals surface area (Å²) in [5, 5.41) is 4.33. The summed E-state index contributed by atoms with van der Waals surface area (Å²) in [7, 11) is 4.05. The first-order valence-electron chi connectivity index (χ1n) is 12.4. The molecule has 0 unspecified atom stereocenters. The van der Waals surface area contributed by atoms with Gasteiger partial charge in [-0.2, -0.15) is 0 Å². The number of amides is 2. The Labute approximate surface area is 211 Å². The number of aromatic nitrogens is 1. The number of benzene rings is 3. The Balaban J connectivity index is 1.32. The zero-order chi connectivity index (χ0) is 25.1. The van der Waals surface area contributed by atoms with Crippen LogP contribution in [-0.2, 0) is 16.1 Å². The van der Waals surface area contributed by atoms with Crippen molar-refractivity contribution >= 4 is 28.4 Å². The second-order valence-corrected chi connectivity index (χ2v) is 9.73. The van der Waals surface area contributed by atoms with Crippen LogP contribution in [-0.4, -0.2) is 48.9 Å². The normalized spacial score (nSPS) is 16.3. The third-order valence-corrected chi connectivity index (χ3v) is 7.09. The predicted molar refractivity (Wildman–Crippen MR) is 144 cm³/mol. The van der Waals surface area contributed by atoms with Gasteiger partial charge in [-0.3, -0.25) is 9.59 Å². The van der Waals surface area contributed by atoms with Crippen LogP contribution in [0.2, 0.25) is 0 Å². The van der Waals surface area contributed by atoms with E-state index >= 15 is 0 Å². The van der Waals surface area contributed by atoms with Gasteiger partial charge in [-0.25, -0.2) is 0 Å². The summed E-state index contributed by atoms with van der Waals surface area (Å²) < 4.78 is 0. The van der Waals surface area contributed by atoms with Crippen molar-refractivity contribution in [1.29, 1.82) is 0 Å². The minimum atomic E-state index is -0.332. The van der Waals surface area contributed by atoms with Gasteiger partial charge in [-0.05, 0) is 34.9 Å². The lowest BCUT2D eigenvalue weighted by molar-refractivity contribution is -0.129. The number of fused-ring (bicyclic) bond motifs is 1. The molecule has 5 rings (SSSR count). The summed E-state index contributed by atoms with van der Waals surface area (Å²) in [6.45, 7) is 1.46. The van der Waals surface area contributed by atoms with E-state index in [1.807, 2.05) is 62.8 Å². The van der Waals surface area contributed by atoms with Gasteiger partial charge in [-0.15, -0.1) is 0 Å². The highest BCUT2D eigenvalue weighted by molar-refractivity contribution is 5.89. The first-order valence-corrected chi connectivity index (χ1v) is 12.4. The Hall–Kier alpha value is -4.06. The first kappa shape index (κ1) is 23.7. The number of hydrogen-bond acceptors (Lipinski definition) is 3. The van der Waals surface area contributed by atoms with E-state index in [1.54, 1.807) is 4.90 Å². The number of hydrogen-bond donors (Lipinski definition) is 2. The summed E-state index contributed by atoms with van der Waals surface area (Å²) in [6, 6.07) is 26.6. The summed E-state index contributed by atoms with van der Waals surface area (Å²) >= 11 is 0. The number of aromatic amines is 1. The molecular formula is C30H32N4O2. The number of nitrogens with zero attached hydrogens (tertiary/aromatic N) is 2. The maximum Gasteiger partial charge on any atom is 0.225 e. The van der Waals surface area contributed by atoms with Crippen molar-refractivity contribution in [1.82, 2.24) is 15.2 Å². The van der Waals surface area contributed by atoms with Crippen molar-refractivity contribution in [3.63, 3.8) is 0 Å². The number of H-pyrrole nitrogens is 1. The molecule has 2 atom stereocenters. The molecule has 0 aliphatic carbocycles. The van der Waals surface area contributed by atoms with Crippen LogP contribution in [0.25, 0.3) is 10.9 Å². The highest BCUT2D eigenvalue weighted by atomic mass is 16.2. The molecule has 0 spiro atoms. The monoisotopic (exact) mass is 480 g/mol. The Bertz CT molecular complexity index is 1340. The number of carbonyl (C=O) groups excluding carboxylic acids is 2. The van der Waals surface area contributed by atoms with Gasteiger partial charge < -0.3 is 20.1 Å². The third-order valence-electron chi connectivity index (χ3n) is 7.09. The quantitative estimate of drug-likeness (QED) is 0.389. The Morgan fingerprint density at radius 2 is 1.75 bits per heavy atom. The molecule has 1 aliphatic rings. The first-order chi connectivity index (χ1) is 17.5. The number of para-hydroxylation sites is 1. The highest BCUT2D eigenvalue weighted by Crippen LogP contribution is 2.32. The van der Waals surface area contributed by atoms with Crippen molar-refractivity contribution in [2.24, 2.45) is 5.92 Å². The van der Waals surface area contributed by atoms with Gasteiger partial charge in [-0.1, -0.05) is 60.7 Å². The van der Waals surface area contributed by atoms with Crippen molar-refractivity contribution < 1.29 is 9.59 Å². The Morgan fingerprint density at radius 3 is 2.50 bits per heavy atom. The Morgan fingerprint density at radius 1 is 1.03 bits per heavy atom. The lowest BCUT2D eigenvalue weighted by Crippen LogP contribution is -2.35. The molecular weight excluding hydrogens is 448 g/mol. The molecule has 2 amide bonds. The van der Waals surface area contributed by atoms with Crippen LogP contribution < -0.4 is 10.2 Å². The van der Waals surface area contributed by atoms with E-state index < -0.39 is 0 Å². The van der Waals surface area contributed by atoms with Crippen LogP contribution >= 0.6 is 0 Å². The molecule has 0 radical (unpaired) electrons. The van der Waals surface area contributed by atoms with Crippen molar-refractivity contribution in [3.05, 3.63) is 102 Å². The van der Waals surface area contributed by atoms with Crippen LogP contribution in [0.15, 0.2) is 85.1 Å². The molecule has 6 nitrogen and oxygen atoms in total. The average Bonchev–Trinajstić information content (AvgIpc) is 3.49. The average molecular weight is 481 g/mol. The van der Waals surface area contributed by atoms with Gasteiger partial charge in [0, 0.05) is 68.9 Å². The molecule has 184 valence electrons. The summed E-state index contributed by atoms with van der Waals surface area (Å²) in [6.07, 6.45) is 2.30. The lowest BCUT2D eigenvalue weighted by Gasteiger charge is -2.21. The fourth-order valence-corrected chi connectivity index (χ4v) is 5.05. The lowest BCUT2D eigenvalue weighted by atomic mass is 9.90. The topological polar surface area (TPSA) is 68.4 Å². The standard InChI is InChI=1S/C30H32N4O2/c1-33(2)24-14-12-22(13-15-24)26(27-18-31-28-11-7-6-10-25(27)28)17-32-30(36)23-16-29(35)34(20-23)19-21-8-4-3-5-9-21/h3-15,18,23,26,31H,16-17,19-20H2,1-2H3,(H,32,36)/t23-,26+/m1/s1. The fraction of sp³-hybridized carbons (Fsp3) is 0.267. The second kappa shape index (κ2) is 10.3. The van der Waals surface area contributed by atoms with Gasteiger partial charge in [0.2, 0.25) is 11.8 Å². The van der Waals surface area contributed by atoms with Crippen LogP contribution in [0, 0.1) is 5.92 Å². The van der Waals surface area contributed by atoms with E-state index in [1.165, 1.54) is 0 Å². The molecule has 4 aromatic rings. The molecule has 0 bridgehead atoms. The van der Waals surface area contributed by atoms with Crippen molar-refractivity contribution in [3.8, 4) is 0 Å².